The van der Waals surface area contributed by atoms with Gasteiger partial charge < -0.3 is 0 Å². The Labute approximate surface area is 102 Å². The molecule has 1 heterocycles. The van der Waals surface area contributed by atoms with Gasteiger partial charge in [-0.05, 0) is 56.3 Å². The Bertz CT molecular complexity index is 257. The summed E-state index contributed by atoms with van der Waals surface area (Å²) in [6.45, 7) is 5.13. The van der Waals surface area contributed by atoms with Crippen LogP contribution in [-0.4, -0.2) is 26.8 Å². The fourth-order valence-electron chi connectivity index (χ4n) is 1.55. The minimum Gasteiger partial charge on any atom is -0.209 e. The van der Waals surface area contributed by atoms with Gasteiger partial charge in [0, 0.05) is 18.4 Å². The zero-order chi connectivity index (χ0) is 11.3. The maximum Gasteiger partial charge on any atom is 0.164 e. The normalized spacial score (nSPS) is 17.0. The van der Waals surface area contributed by atoms with Crippen molar-refractivity contribution in [1.29, 1.82) is 0 Å². The first kappa shape index (κ1) is 13.0. The molecule has 0 amide bonds. The lowest BCUT2D eigenvalue weighted by atomic mass is 10.00. The van der Waals surface area contributed by atoms with E-state index in [9.17, 15) is 0 Å². The highest BCUT2D eigenvalue weighted by Gasteiger charge is 2.24. The zero-order valence-electron chi connectivity index (χ0n) is 9.42. The fourth-order valence-corrected chi connectivity index (χ4v) is 1.72. The van der Waals surface area contributed by atoms with Crippen molar-refractivity contribution in [3.05, 3.63) is 12.3 Å². The summed E-state index contributed by atoms with van der Waals surface area (Å²) in [4.78, 5) is 0. The van der Waals surface area contributed by atoms with E-state index in [-0.39, 0.29) is 5.54 Å². The lowest BCUT2D eigenvalue weighted by Gasteiger charge is -2.26. The van der Waals surface area contributed by atoms with E-state index < -0.39 is 0 Å². The Hall–Kier alpha value is -0.0500. The van der Waals surface area contributed by atoms with Gasteiger partial charge in [0.05, 0.1) is 0 Å². The predicted octanol–water partition coefficient (Wildman–Crippen LogP) is 3.55. The third-order valence-corrected chi connectivity index (χ3v) is 3.57. The molecule has 1 aliphatic heterocycles. The van der Waals surface area contributed by atoms with E-state index in [1.54, 1.807) is 0 Å². The number of allylic oxidation sites excluding steroid dienone is 1. The molecule has 0 aromatic rings. The average molecular weight is 250 g/mol. The minimum absolute atomic E-state index is 0.150. The molecule has 0 spiro atoms. The molecule has 0 fully saturated rings. The highest BCUT2D eigenvalue weighted by atomic mass is 35.5. The minimum atomic E-state index is -0.150. The number of rotatable bonds is 5. The van der Waals surface area contributed by atoms with Crippen LogP contribution >= 0.6 is 23.6 Å². The first-order valence-corrected chi connectivity index (χ1v) is 6.07. The summed E-state index contributed by atoms with van der Waals surface area (Å²) in [6.07, 6.45) is 11.0. The van der Waals surface area contributed by atoms with Gasteiger partial charge in [-0.2, -0.15) is 0 Å². The van der Waals surface area contributed by atoms with Gasteiger partial charge in [0.1, 0.15) is 12.8 Å². The molecule has 0 atom stereocenters. The van der Waals surface area contributed by atoms with Gasteiger partial charge in [-0.1, -0.05) is 0 Å². The molecule has 1 aliphatic rings. The number of hydrogen-bond acceptors (Lipinski definition) is 1. The Morgan fingerprint density at radius 3 is 2.60 bits per heavy atom. The molecule has 15 heavy (non-hydrogen) atoms. The van der Waals surface area contributed by atoms with E-state index in [4.69, 9.17) is 23.6 Å². The Morgan fingerprint density at radius 1 is 1.33 bits per heavy atom. The van der Waals surface area contributed by atoms with Crippen molar-refractivity contribution in [2.75, 3.05) is 6.54 Å². The maximum absolute atomic E-state index is 5.75. The largest absolute Gasteiger partial charge is 0.209 e. The van der Waals surface area contributed by atoms with Gasteiger partial charge in [-0.15, -0.1) is 3.94 Å². The van der Waals surface area contributed by atoms with Crippen molar-refractivity contribution in [2.45, 2.75) is 45.1 Å². The Balaban J connectivity index is 2.27. The van der Waals surface area contributed by atoms with Gasteiger partial charge in [0.15, 0.2) is 6.20 Å². The van der Waals surface area contributed by atoms with Crippen molar-refractivity contribution < 1.29 is 4.58 Å². The Morgan fingerprint density at radius 2 is 2.07 bits per heavy atom. The van der Waals surface area contributed by atoms with Crippen molar-refractivity contribution in [3.63, 3.8) is 0 Å². The fraction of sp³-hybridized carbons (Fsp3) is 0.727. The molecule has 2 nitrogen and oxygen atoms in total. The summed E-state index contributed by atoms with van der Waals surface area (Å²) < 4.78 is 3.50. The monoisotopic (exact) mass is 249 g/mol. The smallest absolute Gasteiger partial charge is 0.164 e. The molecule has 0 aromatic carbocycles. The number of halogens is 2. The van der Waals surface area contributed by atoms with Crippen LogP contribution in [0.15, 0.2) is 12.3 Å². The Kier molecular flexibility index (Phi) is 5.10. The highest BCUT2D eigenvalue weighted by Crippen LogP contribution is 2.24. The zero-order valence-corrected chi connectivity index (χ0v) is 10.9. The van der Waals surface area contributed by atoms with E-state index in [0.29, 0.717) is 0 Å². The molecule has 0 bridgehead atoms. The molecule has 86 valence electrons. The molecule has 0 aromatic heterocycles. The summed E-state index contributed by atoms with van der Waals surface area (Å²) in [6, 6.07) is 0. The number of hydrogen-bond donors (Lipinski definition) is 0. The summed E-state index contributed by atoms with van der Waals surface area (Å²) in [5.41, 5.74) is -0.150. The third-order valence-electron chi connectivity index (χ3n) is 2.66. The number of nitrogens with zero attached hydrogens (tertiary/aromatic N) is 2. The average Bonchev–Trinajstić information content (AvgIpc) is 2.19. The SMILES string of the molecule is CC(C)(CCC[N+]1=CCCC=C1)N(Cl)Cl. The van der Waals surface area contributed by atoms with Crippen LogP contribution in [0.4, 0.5) is 0 Å². The van der Waals surface area contributed by atoms with Crippen LogP contribution in [0.2, 0.25) is 0 Å². The molecule has 0 N–H and O–H groups in total. The second kappa shape index (κ2) is 5.88. The lowest BCUT2D eigenvalue weighted by molar-refractivity contribution is -0.456. The highest BCUT2D eigenvalue weighted by molar-refractivity contribution is 6.34. The molecule has 0 saturated heterocycles. The summed E-state index contributed by atoms with van der Waals surface area (Å²) >= 11 is 11.5. The summed E-state index contributed by atoms with van der Waals surface area (Å²) in [7, 11) is 0. The van der Waals surface area contributed by atoms with Crippen LogP contribution in [0, 0.1) is 0 Å². The molecule has 4 heteroatoms. The molecular formula is C11H19Cl2N2+. The topological polar surface area (TPSA) is 6.25 Å². The van der Waals surface area contributed by atoms with Crippen LogP contribution < -0.4 is 0 Å². The van der Waals surface area contributed by atoms with E-state index in [1.807, 2.05) is 13.8 Å². The van der Waals surface area contributed by atoms with Crippen molar-refractivity contribution in [2.24, 2.45) is 0 Å². The van der Waals surface area contributed by atoms with Gasteiger partial charge in [0.25, 0.3) is 0 Å². The van der Waals surface area contributed by atoms with Crippen LogP contribution in [0.3, 0.4) is 0 Å². The standard InChI is InChI=1S/C11H19Cl2N2/c1-11(2,15(12)13)7-6-10-14-8-4-3-5-9-14/h4,8-9H,3,5-7,10H2,1-2H3/q+1. The summed E-state index contributed by atoms with van der Waals surface area (Å²) in [5, 5.41) is 0. The third kappa shape index (κ3) is 4.54. The van der Waals surface area contributed by atoms with E-state index >= 15 is 0 Å². The van der Waals surface area contributed by atoms with Gasteiger partial charge in [0.2, 0.25) is 0 Å². The maximum atomic E-state index is 5.75. The van der Waals surface area contributed by atoms with Gasteiger partial charge in [-0.3, -0.25) is 0 Å². The predicted molar refractivity (Wildman–Crippen MR) is 66.4 cm³/mol. The van der Waals surface area contributed by atoms with E-state index in [2.05, 4.69) is 23.1 Å². The molecule has 0 unspecified atom stereocenters. The summed E-state index contributed by atoms with van der Waals surface area (Å²) in [5.74, 6) is 0. The quantitative estimate of drug-likeness (QED) is 0.534. The van der Waals surface area contributed by atoms with Crippen LogP contribution in [0.1, 0.15) is 39.5 Å². The van der Waals surface area contributed by atoms with E-state index in [0.717, 1.165) is 25.8 Å². The van der Waals surface area contributed by atoms with Crippen molar-refractivity contribution in [1.82, 2.24) is 3.94 Å². The molecular weight excluding hydrogens is 231 g/mol. The second-order valence-corrected chi connectivity index (χ2v) is 5.38. The lowest BCUT2D eigenvalue weighted by Crippen LogP contribution is -2.31. The van der Waals surface area contributed by atoms with E-state index in [1.165, 1.54) is 10.4 Å². The van der Waals surface area contributed by atoms with Gasteiger partial charge >= 0.3 is 0 Å². The first-order valence-electron chi connectivity index (χ1n) is 5.40. The van der Waals surface area contributed by atoms with Gasteiger partial charge in [-0.25, -0.2) is 4.58 Å². The van der Waals surface area contributed by atoms with Crippen molar-refractivity contribution in [3.8, 4) is 0 Å². The first-order chi connectivity index (χ1) is 7.02. The van der Waals surface area contributed by atoms with Crippen molar-refractivity contribution >= 4 is 29.8 Å². The van der Waals surface area contributed by atoms with Crippen LogP contribution in [0.5, 0.6) is 0 Å². The second-order valence-electron chi connectivity index (χ2n) is 4.53. The molecule has 0 saturated carbocycles. The molecule has 0 aliphatic carbocycles. The van der Waals surface area contributed by atoms with Crippen LogP contribution in [-0.2, 0) is 0 Å². The molecule has 0 radical (unpaired) electrons. The van der Waals surface area contributed by atoms with Crippen LogP contribution in [0.25, 0.3) is 0 Å². The molecule has 1 rings (SSSR count).